The standard InChI is InChI=1S/C20H14O5/c21-13-5-1-11-3-7-17(23)19(15(11)9-13)25-20-16-10-14(22)6-2-12(16)4-8-18(20)24/h1-10,21-24H. The summed E-state index contributed by atoms with van der Waals surface area (Å²) in [6.07, 6.45) is 0. The van der Waals surface area contributed by atoms with Gasteiger partial charge in [0.2, 0.25) is 0 Å². The van der Waals surface area contributed by atoms with Crippen LogP contribution in [0.1, 0.15) is 0 Å². The van der Waals surface area contributed by atoms with Crippen LogP contribution in [-0.4, -0.2) is 20.4 Å². The summed E-state index contributed by atoms with van der Waals surface area (Å²) in [6.45, 7) is 0. The summed E-state index contributed by atoms with van der Waals surface area (Å²) in [5.41, 5.74) is 0. The normalized spacial score (nSPS) is 11.0. The molecule has 0 aliphatic carbocycles. The van der Waals surface area contributed by atoms with Gasteiger partial charge < -0.3 is 25.2 Å². The molecule has 25 heavy (non-hydrogen) atoms. The number of hydrogen-bond acceptors (Lipinski definition) is 5. The van der Waals surface area contributed by atoms with Crippen LogP contribution < -0.4 is 4.74 Å². The lowest BCUT2D eigenvalue weighted by Crippen LogP contribution is -1.89. The molecule has 4 N–H and O–H groups in total. The maximum Gasteiger partial charge on any atom is 0.177 e. The first-order chi connectivity index (χ1) is 12.0. The number of rotatable bonds is 2. The molecule has 0 radical (unpaired) electrons. The number of hydrogen-bond donors (Lipinski definition) is 4. The van der Waals surface area contributed by atoms with E-state index in [0.29, 0.717) is 10.8 Å². The zero-order valence-electron chi connectivity index (χ0n) is 13.0. The maximum absolute atomic E-state index is 10.2. The second-order valence-electron chi connectivity index (χ2n) is 5.74. The Kier molecular flexibility index (Phi) is 3.28. The second kappa shape index (κ2) is 5.49. The third-order valence-corrected chi connectivity index (χ3v) is 4.07. The van der Waals surface area contributed by atoms with E-state index >= 15 is 0 Å². The fourth-order valence-corrected chi connectivity index (χ4v) is 2.85. The highest BCUT2D eigenvalue weighted by Gasteiger charge is 2.15. The average Bonchev–Trinajstić information content (AvgIpc) is 2.59. The lowest BCUT2D eigenvalue weighted by atomic mass is 10.1. The Morgan fingerprint density at radius 2 is 0.920 bits per heavy atom. The van der Waals surface area contributed by atoms with Crippen molar-refractivity contribution in [2.75, 3.05) is 0 Å². The summed E-state index contributed by atoms with van der Waals surface area (Å²) in [5, 5.41) is 42.5. The van der Waals surface area contributed by atoms with E-state index in [-0.39, 0.29) is 34.5 Å². The molecule has 0 saturated heterocycles. The first-order valence-corrected chi connectivity index (χ1v) is 7.60. The van der Waals surface area contributed by atoms with Crippen LogP contribution >= 0.6 is 0 Å². The lowest BCUT2D eigenvalue weighted by Gasteiger charge is -2.14. The smallest absolute Gasteiger partial charge is 0.177 e. The van der Waals surface area contributed by atoms with Crippen LogP contribution in [0.25, 0.3) is 21.5 Å². The fraction of sp³-hybridized carbons (Fsp3) is 0. The van der Waals surface area contributed by atoms with Crippen molar-refractivity contribution in [1.82, 2.24) is 0 Å². The summed E-state index contributed by atoms with van der Waals surface area (Å²) < 4.78 is 5.85. The van der Waals surface area contributed by atoms with Crippen LogP contribution in [-0.2, 0) is 0 Å². The molecule has 4 rings (SSSR count). The minimum Gasteiger partial charge on any atom is -0.508 e. The molecule has 5 heteroatoms. The van der Waals surface area contributed by atoms with E-state index in [2.05, 4.69) is 0 Å². The van der Waals surface area contributed by atoms with Crippen molar-refractivity contribution in [2.45, 2.75) is 0 Å². The minimum atomic E-state index is -0.130. The molecule has 4 aromatic carbocycles. The summed E-state index contributed by atoms with van der Waals surface area (Å²) >= 11 is 0. The van der Waals surface area contributed by atoms with E-state index in [1.54, 1.807) is 24.3 Å². The second-order valence-corrected chi connectivity index (χ2v) is 5.74. The summed E-state index contributed by atoms with van der Waals surface area (Å²) in [6, 6.07) is 15.8. The number of fused-ring (bicyclic) bond motifs is 2. The molecule has 0 atom stereocenters. The van der Waals surface area contributed by atoms with Crippen molar-refractivity contribution in [3.8, 4) is 34.5 Å². The van der Waals surface area contributed by atoms with Crippen molar-refractivity contribution in [3.63, 3.8) is 0 Å². The van der Waals surface area contributed by atoms with Crippen LogP contribution in [0.5, 0.6) is 34.5 Å². The number of aromatic hydroxyl groups is 4. The van der Waals surface area contributed by atoms with E-state index in [1.165, 1.54) is 36.4 Å². The Morgan fingerprint density at radius 3 is 1.36 bits per heavy atom. The largest absolute Gasteiger partial charge is 0.508 e. The Labute approximate surface area is 142 Å². The molecule has 0 heterocycles. The highest BCUT2D eigenvalue weighted by atomic mass is 16.5. The van der Waals surface area contributed by atoms with Gasteiger partial charge in [-0.25, -0.2) is 0 Å². The van der Waals surface area contributed by atoms with E-state index in [4.69, 9.17) is 4.74 Å². The van der Waals surface area contributed by atoms with Gasteiger partial charge in [-0.1, -0.05) is 24.3 Å². The molecule has 0 fully saturated rings. The topological polar surface area (TPSA) is 90.2 Å². The minimum absolute atomic E-state index is 0.0303. The summed E-state index contributed by atoms with van der Waals surface area (Å²) in [7, 11) is 0. The monoisotopic (exact) mass is 334 g/mol. The third-order valence-electron chi connectivity index (χ3n) is 4.07. The predicted molar refractivity (Wildman–Crippen MR) is 94.6 cm³/mol. The molecule has 0 aliphatic rings. The molecule has 0 amide bonds. The van der Waals surface area contributed by atoms with Crippen LogP contribution in [0.15, 0.2) is 60.7 Å². The molecular weight excluding hydrogens is 320 g/mol. The van der Waals surface area contributed by atoms with Crippen LogP contribution in [0, 0.1) is 0 Å². The highest BCUT2D eigenvalue weighted by Crippen LogP contribution is 2.44. The molecule has 124 valence electrons. The molecule has 0 unspecified atom stereocenters. The van der Waals surface area contributed by atoms with Gasteiger partial charge >= 0.3 is 0 Å². The van der Waals surface area contributed by atoms with E-state index in [1.807, 2.05) is 0 Å². The molecule has 0 saturated carbocycles. The molecule has 0 aromatic heterocycles. The number of benzene rings is 4. The van der Waals surface area contributed by atoms with Gasteiger partial charge in [0.1, 0.15) is 11.5 Å². The van der Waals surface area contributed by atoms with Gasteiger partial charge in [-0.3, -0.25) is 0 Å². The van der Waals surface area contributed by atoms with Gasteiger partial charge in [0.15, 0.2) is 23.0 Å². The Hall–Kier alpha value is -3.60. The fourth-order valence-electron chi connectivity index (χ4n) is 2.85. The summed E-state index contributed by atoms with van der Waals surface area (Å²) in [4.78, 5) is 0. The quantitative estimate of drug-likeness (QED) is 0.430. The third kappa shape index (κ3) is 2.52. The van der Waals surface area contributed by atoms with E-state index in [0.717, 1.165) is 10.8 Å². The van der Waals surface area contributed by atoms with Crippen molar-refractivity contribution >= 4 is 21.5 Å². The van der Waals surface area contributed by atoms with Crippen LogP contribution in [0.4, 0.5) is 0 Å². The molecule has 4 aromatic rings. The number of phenols is 4. The first kappa shape index (κ1) is 15.0. The predicted octanol–water partition coefficient (Wildman–Crippen LogP) is 4.61. The number of ether oxygens (including phenoxy) is 1. The van der Waals surface area contributed by atoms with Crippen molar-refractivity contribution in [2.24, 2.45) is 0 Å². The van der Waals surface area contributed by atoms with Gasteiger partial charge in [-0.2, -0.15) is 0 Å². The molecule has 0 spiro atoms. The zero-order valence-corrected chi connectivity index (χ0v) is 13.0. The zero-order chi connectivity index (χ0) is 17.6. The van der Waals surface area contributed by atoms with Crippen molar-refractivity contribution in [1.29, 1.82) is 0 Å². The van der Waals surface area contributed by atoms with Crippen molar-refractivity contribution in [3.05, 3.63) is 60.7 Å². The van der Waals surface area contributed by atoms with Gasteiger partial charge in [-0.15, -0.1) is 0 Å². The van der Waals surface area contributed by atoms with Gasteiger partial charge in [-0.05, 0) is 47.2 Å². The van der Waals surface area contributed by atoms with Gasteiger partial charge in [0.25, 0.3) is 0 Å². The van der Waals surface area contributed by atoms with E-state index < -0.39 is 0 Å². The van der Waals surface area contributed by atoms with Crippen LogP contribution in [0.3, 0.4) is 0 Å². The molecular formula is C20H14O5. The molecule has 0 aliphatic heterocycles. The Bertz CT molecular complexity index is 1020. The van der Waals surface area contributed by atoms with Gasteiger partial charge in [0.05, 0.1) is 0 Å². The number of phenolic OH excluding ortho intramolecular Hbond substituents is 4. The molecule has 5 nitrogen and oxygen atoms in total. The maximum atomic E-state index is 10.2. The Balaban J connectivity index is 1.97. The lowest BCUT2D eigenvalue weighted by molar-refractivity contribution is 0.391. The van der Waals surface area contributed by atoms with Gasteiger partial charge in [0, 0.05) is 10.8 Å². The van der Waals surface area contributed by atoms with E-state index in [9.17, 15) is 20.4 Å². The van der Waals surface area contributed by atoms with Crippen LogP contribution in [0.2, 0.25) is 0 Å². The van der Waals surface area contributed by atoms with Crippen molar-refractivity contribution < 1.29 is 25.2 Å². The first-order valence-electron chi connectivity index (χ1n) is 7.60. The Morgan fingerprint density at radius 1 is 0.520 bits per heavy atom. The average molecular weight is 334 g/mol. The molecule has 0 bridgehead atoms. The SMILES string of the molecule is Oc1ccc2ccc(O)c(Oc3c(O)ccc4ccc(O)cc34)c2c1. The highest BCUT2D eigenvalue weighted by molar-refractivity contribution is 5.95. The summed E-state index contributed by atoms with van der Waals surface area (Å²) in [5.74, 6) is 0.0221.